The molecule has 0 aliphatic carbocycles. The van der Waals surface area contributed by atoms with Gasteiger partial charge in [-0.3, -0.25) is 19.4 Å². The third-order valence-electron chi connectivity index (χ3n) is 4.81. The first-order valence-corrected chi connectivity index (χ1v) is 9.00. The predicted molar refractivity (Wildman–Crippen MR) is 99.6 cm³/mol. The van der Waals surface area contributed by atoms with Gasteiger partial charge in [0.25, 0.3) is 11.8 Å². The number of amides is 2. The van der Waals surface area contributed by atoms with Crippen LogP contribution in [0.1, 0.15) is 33.9 Å². The number of likely N-dealkylation sites (tertiary alicyclic amines) is 1. The number of nitrogens with one attached hydrogen (secondary N) is 1. The maximum atomic E-state index is 12.6. The van der Waals surface area contributed by atoms with E-state index in [0.29, 0.717) is 35.9 Å². The molecule has 0 radical (unpaired) electrons. The van der Waals surface area contributed by atoms with Crippen molar-refractivity contribution in [2.75, 3.05) is 13.1 Å². The van der Waals surface area contributed by atoms with E-state index in [0.717, 1.165) is 0 Å². The molecule has 1 N–H and O–H groups in total. The van der Waals surface area contributed by atoms with Crippen LogP contribution in [0.25, 0.3) is 10.9 Å². The van der Waals surface area contributed by atoms with E-state index in [1.807, 2.05) is 24.3 Å². The molecule has 8 heteroatoms. The highest BCUT2D eigenvalue weighted by atomic mass is 16.3. The first kappa shape index (κ1) is 17.8. The normalized spacial score (nSPS) is 16.3. The zero-order chi connectivity index (χ0) is 19.5. The van der Waals surface area contributed by atoms with Crippen LogP contribution in [-0.2, 0) is 4.79 Å². The summed E-state index contributed by atoms with van der Waals surface area (Å²) in [5.41, 5.74) is 1.16. The van der Waals surface area contributed by atoms with Gasteiger partial charge in [0.2, 0.25) is 11.7 Å². The minimum absolute atomic E-state index is 0.00279. The molecular formula is C20H18N4O4. The molecule has 1 fully saturated rings. The first-order valence-electron chi connectivity index (χ1n) is 9.00. The molecule has 1 aliphatic rings. The fourth-order valence-electron chi connectivity index (χ4n) is 3.47. The third kappa shape index (κ3) is 3.36. The smallest absolute Gasteiger partial charge is 0.265 e. The van der Waals surface area contributed by atoms with Gasteiger partial charge in [-0.25, -0.2) is 4.98 Å². The quantitative estimate of drug-likeness (QED) is 0.679. The van der Waals surface area contributed by atoms with Crippen LogP contribution in [0.4, 0.5) is 0 Å². The fraction of sp³-hybridized carbons (Fsp3) is 0.250. The molecule has 3 aromatic rings. The Hall–Kier alpha value is -3.55. The number of aromatic nitrogens is 2. The molecule has 0 spiro atoms. The van der Waals surface area contributed by atoms with Gasteiger partial charge in [0, 0.05) is 18.1 Å². The predicted octanol–water partition coefficient (Wildman–Crippen LogP) is 1.83. The molecule has 2 aromatic heterocycles. The molecule has 0 unspecified atom stereocenters. The van der Waals surface area contributed by atoms with Crippen molar-refractivity contribution in [2.24, 2.45) is 0 Å². The van der Waals surface area contributed by atoms with E-state index < -0.39 is 6.04 Å². The Morgan fingerprint density at radius 1 is 1.14 bits per heavy atom. The molecular weight excluding hydrogens is 360 g/mol. The minimum atomic E-state index is -0.607. The van der Waals surface area contributed by atoms with Gasteiger partial charge in [-0.15, -0.1) is 0 Å². The lowest BCUT2D eigenvalue weighted by molar-refractivity contribution is -0.130. The second-order valence-corrected chi connectivity index (χ2v) is 6.51. The first-order chi connectivity index (χ1) is 13.6. The maximum absolute atomic E-state index is 12.6. The van der Waals surface area contributed by atoms with Crippen molar-refractivity contribution in [2.45, 2.75) is 18.9 Å². The number of fused-ring (bicyclic) bond motifs is 1. The van der Waals surface area contributed by atoms with E-state index in [-0.39, 0.29) is 30.0 Å². The Kier molecular flexibility index (Phi) is 4.84. The van der Waals surface area contributed by atoms with E-state index in [9.17, 15) is 14.4 Å². The standard InChI is InChI=1S/C20H18N4O4/c25-17(24-10-3-6-16(24)18(26)20-22-9-11-28-20)12-23-19(27)14-7-8-21-15-5-2-1-4-13(14)15/h1-2,4-5,7-9,11,16H,3,6,10,12H2,(H,23,27)/t16-/m0/s1. The van der Waals surface area contributed by atoms with Gasteiger partial charge in [-0.2, -0.15) is 0 Å². The highest BCUT2D eigenvalue weighted by molar-refractivity contribution is 6.07. The van der Waals surface area contributed by atoms with Gasteiger partial charge in [0.1, 0.15) is 12.3 Å². The summed E-state index contributed by atoms with van der Waals surface area (Å²) in [6.07, 6.45) is 5.55. The number of carbonyl (C=O) groups is 3. The second-order valence-electron chi connectivity index (χ2n) is 6.51. The van der Waals surface area contributed by atoms with Crippen LogP contribution in [0.2, 0.25) is 0 Å². The second kappa shape index (κ2) is 7.59. The SMILES string of the molecule is O=C(NCC(=O)N1CCC[C@H]1C(=O)c1ncco1)c1ccnc2ccccc12. The van der Waals surface area contributed by atoms with Gasteiger partial charge >= 0.3 is 0 Å². The molecule has 1 aliphatic heterocycles. The number of Topliss-reactive ketones (excluding diaryl/α,β-unsaturated/α-hetero) is 1. The molecule has 8 nitrogen and oxygen atoms in total. The lowest BCUT2D eigenvalue weighted by atomic mass is 10.1. The van der Waals surface area contributed by atoms with E-state index in [4.69, 9.17) is 4.42 Å². The van der Waals surface area contributed by atoms with E-state index in [2.05, 4.69) is 15.3 Å². The van der Waals surface area contributed by atoms with Crippen molar-refractivity contribution < 1.29 is 18.8 Å². The van der Waals surface area contributed by atoms with E-state index in [1.54, 1.807) is 12.3 Å². The zero-order valence-corrected chi connectivity index (χ0v) is 15.0. The van der Waals surface area contributed by atoms with Crippen molar-refractivity contribution in [1.29, 1.82) is 0 Å². The summed E-state index contributed by atoms with van der Waals surface area (Å²) in [4.78, 5) is 47.3. The number of hydrogen-bond donors (Lipinski definition) is 1. The van der Waals surface area contributed by atoms with Crippen LogP contribution in [0.5, 0.6) is 0 Å². The topological polar surface area (TPSA) is 105 Å². The van der Waals surface area contributed by atoms with Crippen LogP contribution < -0.4 is 5.32 Å². The number of oxazole rings is 1. The number of pyridine rings is 1. The Labute approximate surface area is 160 Å². The van der Waals surface area contributed by atoms with Crippen molar-refractivity contribution in [3.05, 3.63) is 60.4 Å². The minimum Gasteiger partial charge on any atom is -0.442 e. The lowest BCUT2D eigenvalue weighted by Crippen LogP contribution is -2.45. The lowest BCUT2D eigenvalue weighted by Gasteiger charge is -2.22. The molecule has 1 atom stereocenters. The van der Waals surface area contributed by atoms with Crippen molar-refractivity contribution in [3.63, 3.8) is 0 Å². The monoisotopic (exact) mass is 378 g/mol. The summed E-state index contributed by atoms with van der Waals surface area (Å²) in [7, 11) is 0. The van der Waals surface area contributed by atoms with Gasteiger partial charge in [-0.05, 0) is 25.0 Å². The summed E-state index contributed by atoms with van der Waals surface area (Å²) in [6, 6.07) is 8.32. The largest absolute Gasteiger partial charge is 0.442 e. The van der Waals surface area contributed by atoms with Crippen molar-refractivity contribution >= 4 is 28.5 Å². The Morgan fingerprint density at radius 2 is 2.00 bits per heavy atom. The Bertz CT molecular complexity index is 1030. The van der Waals surface area contributed by atoms with Gasteiger partial charge in [0.15, 0.2) is 0 Å². The van der Waals surface area contributed by atoms with Gasteiger partial charge < -0.3 is 14.6 Å². The number of carbonyl (C=O) groups excluding carboxylic acids is 3. The fourth-order valence-corrected chi connectivity index (χ4v) is 3.47. The van der Waals surface area contributed by atoms with Crippen molar-refractivity contribution in [3.8, 4) is 0 Å². The highest BCUT2D eigenvalue weighted by Gasteiger charge is 2.36. The highest BCUT2D eigenvalue weighted by Crippen LogP contribution is 2.21. The third-order valence-corrected chi connectivity index (χ3v) is 4.81. The molecule has 28 heavy (non-hydrogen) atoms. The number of para-hydroxylation sites is 1. The molecule has 0 saturated carbocycles. The number of ketones is 1. The van der Waals surface area contributed by atoms with Crippen LogP contribution in [0.3, 0.4) is 0 Å². The summed E-state index contributed by atoms with van der Waals surface area (Å²) in [5.74, 6) is -0.991. The van der Waals surface area contributed by atoms with Crippen LogP contribution in [-0.4, -0.2) is 51.6 Å². The average Bonchev–Trinajstić information content (AvgIpc) is 3.43. The summed E-state index contributed by atoms with van der Waals surface area (Å²) >= 11 is 0. The van der Waals surface area contributed by atoms with Gasteiger partial charge in [-0.1, -0.05) is 18.2 Å². The maximum Gasteiger partial charge on any atom is 0.265 e. The van der Waals surface area contributed by atoms with E-state index >= 15 is 0 Å². The van der Waals surface area contributed by atoms with Crippen LogP contribution in [0.15, 0.2) is 53.4 Å². The number of benzene rings is 1. The van der Waals surface area contributed by atoms with Gasteiger partial charge in [0.05, 0.1) is 23.8 Å². The molecule has 3 heterocycles. The molecule has 0 bridgehead atoms. The average molecular weight is 378 g/mol. The molecule has 1 saturated heterocycles. The molecule has 4 rings (SSSR count). The van der Waals surface area contributed by atoms with Crippen LogP contribution in [0, 0.1) is 0 Å². The summed E-state index contributed by atoms with van der Waals surface area (Å²) in [6.45, 7) is 0.273. The molecule has 142 valence electrons. The zero-order valence-electron chi connectivity index (χ0n) is 15.0. The van der Waals surface area contributed by atoms with E-state index in [1.165, 1.54) is 17.4 Å². The van der Waals surface area contributed by atoms with Crippen molar-refractivity contribution in [1.82, 2.24) is 20.2 Å². The number of rotatable bonds is 5. The van der Waals surface area contributed by atoms with Crippen LogP contribution >= 0.6 is 0 Å². The Balaban J connectivity index is 1.43. The number of nitrogens with zero attached hydrogens (tertiary/aromatic N) is 3. The Morgan fingerprint density at radius 3 is 2.82 bits per heavy atom. The number of hydrogen-bond acceptors (Lipinski definition) is 6. The summed E-state index contributed by atoms with van der Waals surface area (Å²) in [5, 5.41) is 3.37. The molecule has 2 amide bonds. The molecule has 1 aromatic carbocycles. The summed E-state index contributed by atoms with van der Waals surface area (Å²) < 4.78 is 5.06.